The highest BCUT2D eigenvalue weighted by Crippen LogP contribution is 2.50. The van der Waals surface area contributed by atoms with Crippen molar-refractivity contribution in [3.8, 4) is 34.6 Å². The van der Waals surface area contributed by atoms with Crippen molar-refractivity contribution >= 4 is 17.2 Å². The first-order valence-electron chi connectivity index (χ1n) is 11.9. The maximum absolute atomic E-state index is 6.47. The summed E-state index contributed by atoms with van der Waals surface area (Å²) in [5.74, 6) is 2.12. The van der Waals surface area contributed by atoms with Gasteiger partial charge in [-0.25, -0.2) is 19.2 Å². The van der Waals surface area contributed by atoms with Gasteiger partial charge in [-0.1, -0.05) is 29.8 Å². The molecule has 38 heavy (non-hydrogen) atoms. The first-order chi connectivity index (χ1) is 18.6. The molecule has 0 unspecified atom stereocenters. The van der Waals surface area contributed by atoms with Crippen LogP contribution < -0.4 is 9.47 Å². The van der Waals surface area contributed by atoms with E-state index in [1.165, 1.54) is 0 Å². The Morgan fingerprint density at radius 1 is 0.974 bits per heavy atom. The number of methoxy groups -OCH3 is 1. The molecule has 0 saturated carbocycles. The zero-order valence-electron chi connectivity index (χ0n) is 20.4. The second-order valence-corrected chi connectivity index (χ2v) is 9.34. The number of aryl methyl sites for hydroxylation is 1. The highest BCUT2D eigenvalue weighted by molar-refractivity contribution is 6.30. The standard InChI is InChI=1S/C28H20ClN7O2/c1-16-22-23(17-6-8-21(37-2)9-7-17)24-26-32-25(18-10-12-30-13-11-18)34-35(26)15-31-27(24)38-28(22)36(33-16)20-5-3-4-19(29)14-20/h3-15,23H,1-2H3/t23-/m0/s1. The van der Waals surface area contributed by atoms with E-state index in [2.05, 4.69) is 9.97 Å². The summed E-state index contributed by atoms with van der Waals surface area (Å²) in [5, 5.41) is 10.2. The van der Waals surface area contributed by atoms with E-state index in [0.29, 0.717) is 28.3 Å². The van der Waals surface area contributed by atoms with Crippen LogP contribution >= 0.6 is 11.6 Å². The summed E-state index contributed by atoms with van der Waals surface area (Å²) in [6.45, 7) is 1.98. The van der Waals surface area contributed by atoms with Gasteiger partial charge < -0.3 is 9.47 Å². The van der Waals surface area contributed by atoms with E-state index in [0.717, 1.165) is 39.4 Å². The van der Waals surface area contributed by atoms with Crippen molar-refractivity contribution in [1.82, 2.24) is 34.3 Å². The lowest BCUT2D eigenvalue weighted by atomic mass is 9.84. The summed E-state index contributed by atoms with van der Waals surface area (Å²) in [7, 11) is 1.65. The van der Waals surface area contributed by atoms with Crippen LogP contribution in [0.5, 0.6) is 17.5 Å². The predicted octanol–water partition coefficient (Wildman–Crippen LogP) is 5.63. The van der Waals surface area contributed by atoms with Gasteiger partial charge in [-0.3, -0.25) is 4.98 Å². The van der Waals surface area contributed by atoms with Crippen molar-refractivity contribution in [2.45, 2.75) is 12.8 Å². The zero-order chi connectivity index (χ0) is 25.8. The average molecular weight is 522 g/mol. The zero-order valence-corrected chi connectivity index (χ0v) is 21.2. The molecule has 0 radical (unpaired) electrons. The molecule has 1 atom stereocenters. The van der Waals surface area contributed by atoms with E-state index in [4.69, 9.17) is 36.3 Å². The summed E-state index contributed by atoms with van der Waals surface area (Å²) in [4.78, 5) is 13.7. The molecular weight excluding hydrogens is 502 g/mol. The molecule has 1 aliphatic rings. The molecule has 7 rings (SSSR count). The van der Waals surface area contributed by atoms with Crippen molar-refractivity contribution in [1.29, 1.82) is 0 Å². The van der Waals surface area contributed by atoms with Crippen LogP contribution in [-0.2, 0) is 0 Å². The predicted molar refractivity (Wildman–Crippen MR) is 141 cm³/mol. The lowest BCUT2D eigenvalue weighted by Crippen LogP contribution is -2.16. The smallest absolute Gasteiger partial charge is 0.230 e. The number of pyridine rings is 1. The van der Waals surface area contributed by atoms with E-state index < -0.39 is 0 Å². The first kappa shape index (κ1) is 22.4. The first-order valence-corrected chi connectivity index (χ1v) is 12.3. The van der Waals surface area contributed by atoms with Crippen LogP contribution in [0.2, 0.25) is 5.02 Å². The third-order valence-electron chi connectivity index (χ3n) is 6.66. The Morgan fingerprint density at radius 3 is 2.55 bits per heavy atom. The average Bonchev–Trinajstić information content (AvgIpc) is 3.54. The second kappa shape index (κ2) is 8.67. The lowest BCUT2D eigenvalue weighted by molar-refractivity contribution is 0.402. The van der Waals surface area contributed by atoms with Crippen molar-refractivity contribution in [2.75, 3.05) is 7.11 Å². The Morgan fingerprint density at radius 2 is 1.79 bits per heavy atom. The fourth-order valence-electron chi connectivity index (χ4n) is 4.91. The summed E-state index contributed by atoms with van der Waals surface area (Å²) in [5.41, 5.74) is 5.89. The van der Waals surface area contributed by atoms with Gasteiger partial charge >= 0.3 is 0 Å². The van der Waals surface area contributed by atoms with Crippen LogP contribution in [0, 0.1) is 6.92 Å². The number of benzene rings is 2. The minimum atomic E-state index is -0.265. The maximum atomic E-state index is 6.47. The number of nitrogens with zero attached hydrogens (tertiary/aromatic N) is 7. The molecule has 0 amide bonds. The monoisotopic (exact) mass is 521 g/mol. The van der Waals surface area contributed by atoms with Crippen LogP contribution in [0.15, 0.2) is 79.4 Å². The summed E-state index contributed by atoms with van der Waals surface area (Å²) >= 11 is 6.31. The molecule has 186 valence electrons. The van der Waals surface area contributed by atoms with Crippen LogP contribution in [0.4, 0.5) is 0 Å². The van der Waals surface area contributed by atoms with E-state index in [1.54, 1.807) is 35.0 Å². The number of ether oxygens (including phenoxy) is 2. The molecule has 6 aromatic rings. The molecule has 0 bridgehead atoms. The summed E-state index contributed by atoms with van der Waals surface area (Å²) in [6, 6.07) is 19.2. The number of halogens is 1. The second-order valence-electron chi connectivity index (χ2n) is 8.91. The third kappa shape index (κ3) is 3.51. The highest BCUT2D eigenvalue weighted by atomic mass is 35.5. The van der Waals surface area contributed by atoms with Crippen LogP contribution in [0.3, 0.4) is 0 Å². The van der Waals surface area contributed by atoms with E-state index in [-0.39, 0.29) is 5.92 Å². The molecular formula is C28H20ClN7O2. The molecule has 0 saturated heterocycles. The van der Waals surface area contributed by atoms with Crippen molar-refractivity contribution in [3.05, 3.63) is 107 Å². The SMILES string of the molecule is COc1ccc([C@H]2c3c(C)nn(-c4cccc(Cl)c4)c3Oc3ncn4nc(-c5ccncc5)nc4c32)cc1. The minimum Gasteiger partial charge on any atom is -0.497 e. The Hall–Kier alpha value is -4.76. The van der Waals surface area contributed by atoms with E-state index in [9.17, 15) is 0 Å². The van der Waals surface area contributed by atoms with Gasteiger partial charge in [0.1, 0.15) is 12.1 Å². The van der Waals surface area contributed by atoms with Crippen LogP contribution in [0.25, 0.3) is 22.7 Å². The molecule has 1 aliphatic heterocycles. The van der Waals surface area contributed by atoms with Gasteiger partial charge in [0, 0.05) is 23.0 Å². The molecule has 10 heteroatoms. The third-order valence-corrected chi connectivity index (χ3v) is 6.90. The van der Waals surface area contributed by atoms with Gasteiger partial charge in [-0.2, -0.15) is 5.10 Å². The highest BCUT2D eigenvalue weighted by Gasteiger charge is 2.38. The molecule has 9 nitrogen and oxygen atoms in total. The normalized spacial score (nSPS) is 14.1. The largest absolute Gasteiger partial charge is 0.497 e. The Kier molecular flexibility index (Phi) is 5.12. The molecule has 5 heterocycles. The lowest BCUT2D eigenvalue weighted by Gasteiger charge is -2.26. The molecule has 0 fully saturated rings. The van der Waals surface area contributed by atoms with Gasteiger partial charge in [-0.15, -0.1) is 5.10 Å². The molecule has 0 aliphatic carbocycles. The Bertz CT molecular complexity index is 1810. The number of rotatable bonds is 4. The van der Waals surface area contributed by atoms with Crippen molar-refractivity contribution < 1.29 is 9.47 Å². The molecule has 0 N–H and O–H groups in total. The van der Waals surface area contributed by atoms with Gasteiger partial charge in [0.25, 0.3) is 0 Å². The fraction of sp³-hybridized carbons (Fsp3) is 0.107. The molecule has 4 aromatic heterocycles. The number of hydrogen-bond donors (Lipinski definition) is 0. The number of hydrogen-bond acceptors (Lipinski definition) is 7. The van der Waals surface area contributed by atoms with Crippen molar-refractivity contribution in [3.63, 3.8) is 0 Å². The van der Waals surface area contributed by atoms with Gasteiger partial charge in [0.15, 0.2) is 11.5 Å². The number of fused-ring (bicyclic) bond motifs is 4. The van der Waals surface area contributed by atoms with Gasteiger partial charge in [-0.05, 0) is 55.0 Å². The van der Waals surface area contributed by atoms with Gasteiger partial charge in [0.05, 0.1) is 35.5 Å². The Labute approximate surface area is 222 Å². The topological polar surface area (TPSA) is 92.2 Å². The van der Waals surface area contributed by atoms with Crippen LogP contribution in [0.1, 0.15) is 28.3 Å². The van der Waals surface area contributed by atoms with Crippen molar-refractivity contribution in [2.24, 2.45) is 0 Å². The maximum Gasteiger partial charge on any atom is 0.230 e. The molecule has 0 spiro atoms. The fourth-order valence-corrected chi connectivity index (χ4v) is 5.10. The van der Waals surface area contributed by atoms with Gasteiger partial charge in [0.2, 0.25) is 11.8 Å². The summed E-state index contributed by atoms with van der Waals surface area (Å²) in [6.07, 6.45) is 5.06. The summed E-state index contributed by atoms with van der Waals surface area (Å²) < 4.78 is 15.4. The quantitative estimate of drug-likeness (QED) is 0.296. The molecule has 2 aromatic carbocycles. The van der Waals surface area contributed by atoms with E-state index in [1.807, 2.05) is 67.6 Å². The number of aromatic nitrogens is 7. The van der Waals surface area contributed by atoms with Crippen LogP contribution in [-0.4, -0.2) is 41.5 Å². The van der Waals surface area contributed by atoms with E-state index >= 15 is 0 Å². The minimum absolute atomic E-state index is 0.265. The Balaban J connectivity index is 1.48.